The van der Waals surface area contributed by atoms with Gasteiger partial charge in [-0.15, -0.1) is 10.2 Å². The molecule has 7 N–H and O–H groups in total. The Kier molecular flexibility index (Phi) is 11.5. The highest BCUT2D eigenvalue weighted by Gasteiger charge is 2.11. The average molecular weight is 584 g/mol. The fourth-order valence-electron chi connectivity index (χ4n) is 3.83. The number of nitrogens with one attached hydrogen (secondary N) is 2. The van der Waals surface area contributed by atoms with Crippen LogP contribution in [-0.2, 0) is 44.4 Å². The van der Waals surface area contributed by atoms with Crippen LogP contribution >= 0.6 is 11.3 Å². The second-order valence-electron chi connectivity index (χ2n) is 9.47. The van der Waals surface area contributed by atoms with Gasteiger partial charge < -0.3 is 16.8 Å². The van der Waals surface area contributed by atoms with Crippen molar-refractivity contribution < 1.29 is 23.7 Å². The lowest BCUT2D eigenvalue weighted by Crippen LogP contribution is -2.55. The van der Waals surface area contributed by atoms with E-state index in [2.05, 4.69) is 26.6 Å². The summed E-state index contributed by atoms with van der Waals surface area (Å²) < 4.78 is 23.0. The van der Waals surface area contributed by atoms with Crippen molar-refractivity contribution in [2.75, 3.05) is 11.6 Å². The van der Waals surface area contributed by atoms with Gasteiger partial charge in [0.1, 0.15) is 5.01 Å². The molecule has 40 heavy (non-hydrogen) atoms. The maximum Gasteiger partial charge on any atom is 0.232 e. The fraction of sp³-hybridized carbons (Fsp3) is 0.286. The molecule has 12 heteroatoms. The van der Waals surface area contributed by atoms with Crippen LogP contribution in [0.4, 0.5) is 5.13 Å². The van der Waals surface area contributed by atoms with E-state index in [0.29, 0.717) is 35.1 Å². The van der Waals surface area contributed by atoms with E-state index in [1.165, 1.54) is 17.6 Å². The first kappa shape index (κ1) is 30.7. The standard InChI is InChI=1S/C28H34N6O4S2/c1-40(37,38)19-22-11-7-10-21(16-22)18-26(36)32-28-34-33-27(39-28)13-6-5-12-23(29)14-15-24(30)31-25(35)17-20-8-3-2-4-9-20/h2-4,7-11,14-16H,5-6,12-13,17-19,29-30H2,1H3,(H,31,35)(H,32,34,36)/p+1/b23-14-,24-15+. The van der Waals surface area contributed by atoms with Crippen molar-refractivity contribution in [2.24, 2.45) is 5.73 Å². The molecule has 2 aromatic carbocycles. The molecule has 3 rings (SSSR count). The van der Waals surface area contributed by atoms with Crippen LogP contribution in [0.3, 0.4) is 0 Å². The summed E-state index contributed by atoms with van der Waals surface area (Å²) in [4.78, 5) is 24.5. The van der Waals surface area contributed by atoms with Crippen LogP contribution in [0.15, 0.2) is 78.3 Å². The van der Waals surface area contributed by atoms with Gasteiger partial charge in [-0.3, -0.25) is 14.9 Å². The zero-order valence-corrected chi connectivity index (χ0v) is 24.1. The summed E-state index contributed by atoms with van der Waals surface area (Å²) in [5, 5.41) is 15.0. The summed E-state index contributed by atoms with van der Waals surface area (Å²) in [5.41, 5.74) is 12.9. The molecule has 0 radical (unpaired) electrons. The number of aryl methyl sites for hydroxylation is 1. The molecule has 0 saturated heterocycles. The number of rotatable bonds is 14. The second kappa shape index (κ2) is 15.1. The predicted molar refractivity (Wildman–Crippen MR) is 156 cm³/mol. The van der Waals surface area contributed by atoms with Crippen molar-refractivity contribution in [3.63, 3.8) is 0 Å². The molecule has 2 amide bonds. The van der Waals surface area contributed by atoms with Gasteiger partial charge in [0.15, 0.2) is 9.84 Å². The molecule has 3 aromatic rings. The Morgan fingerprint density at radius 2 is 1.65 bits per heavy atom. The second-order valence-corrected chi connectivity index (χ2v) is 12.7. The first-order valence-electron chi connectivity index (χ1n) is 12.8. The van der Waals surface area contributed by atoms with Gasteiger partial charge in [0.25, 0.3) is 0 Å². The number of allylic oxidation sites excluding steroid dienone is 3. The SMILES string of the molecule is CS(=O)(=O)Cc1cccc(CC(=O)Nc2nnc(CCCC/C(N)=C/C=C(\[NH3+])NC(=O)Cc3ccccc3)s2)c1. The van der Waals surface area contributed by atoms with Gasteiger partial charge in [-0.1, -0.05) is 65.9 Å². The maximum atomic E-state index is 12.4. The quantitative estimate of drug-likeness (QED) is 0.166. The summed E-state index contributed by atoms with van der Waals surface area (Å²) in [6, 6.07) is 16.5. The van der Waals surface area contributed by atoms with E-state index in [1.807, 2.05) is 30.3 Å². The Morgan fingerprint density at radius 1 is 0.950 bits per heavy atom. The molecule has 1 heterocycles. The van der Waals surface area contributed by atoms with Crippen LogP contribution in [0, 0.1) is 0 Å². The van der Waals surface area contributed by atoms with Crippen LogP contribution in [0.1, 0.15) is 41.0 Å². The van der Waals surface area contributed by atoms with Crippen molar-refractivity contribution in [3.8, 4) is 0 Å². The van der Waals surface area contributed by atoms with Gasteiger partial charge >= 0.3 is 0 Å². The molecule has 1 aromatic heterocycles. The van der Waals surface area contributed by atoms with Crippen molar-refractivity contribution in [3.05, 3.63) is 100.0 Å². The molecule has 0 atom stereocenters. The molecular formula is C28H35N6O4S2+. The summed E-state index contributed by atoms with van der Waals surface area (Å²) in [7, 11) is -3.15. The number of unbranched alkanes of at least 4 members (excludes halogenated alkanes) is 1. The molecule has 212 valence electrons. The Hall–Kier alpha value is -3.87. The van der Waals surface area contributed by atoms with Crippen molar-refractivity contribution >= 4 is 38.1 Å². The minimum Gasteiger partial charge on any atom is -0.402 e. The number of quaternary nitrogens is 1. The van der Waals surface area contributed by atoms with Crippen LogP contribution in [0.25, 0.3) is 0 Å². The zero-order chi connectivity index (χ0) is 29.0. The number of aromatic nitrogens is 2. The van der Waals surface area contributed by atoms with Gasteiger partial charge in [0.2, 0.25) is 22.8 Å². The first-order valence-corrected chi connectivity index (χ1v) is 15.6. The summed E-state index contributed by atoms with van der Waals surface area (Å²) in [6.07, 6.45) is 8.10. The van der Waals surface area contributed by atoms with Gasteiger partial charge in [-0.2, -0.15) is 0 Å². The number of nitrogens with two attached hydrogens (primary N) is 1. The normalized spacial score (nSPS) is 12.2. The Balaban J connectivity index is 1.36. The predicted octanol–water partition coefficient (Wildman–Crippen LogP) is 2.26. The van der Waals surface area contributed by atoms with Gasteiger partial charge in [0.05, 0.1) is 18.6 Å². The number of benzene rings is 2. The lowest BCUT2D eigenvalue weighted by atomic mass is 10.1. The number of anilines is 1. The van der Waals surface area contributed by atoms with E-state index in [0.717, 1.165) is 29.0 Å². The van der Waals surface area contributed by atoms with E-state index >= 15 is 0 Å². The fourth-order valence-corrected chi connectivity index (χ4v) is 5.41. The van der Waals surface area contributed by atoms with E-state index < -0.39 is 9.84 Å². The third-order valence-corrected chi connectivity index (χ3v) is 7.37. The topological polar surface area (TPSA) is 172 Å². The Labute approximate surface area is 238 Å². The Bertz CT molecular complexity index is 1470. The highest BCUT2D eigenvalue weighted by atomic mass is 32.2. The molecule has 0 spiro atoms. The van der Waals surface area contributed by atoms with Crippen molar-refractivity contribution in [1.82, 2.24) is 15.5 Å². The minimum absolute atomic E-state index is 0.0649. The number of nitrogens with zero attached hydrogens (tertiary/aromatic N) is 2. The molecule has 10 nitrogen and oxygen atoms in total. The highest BCUT2D eigenvalue weighted by Crippen LogP contribution is 2.18. The van der Waals surface area contributed by atoms with Crippen molar-refractivity contribution in [1.29, 1.82) is 0 Å². The first-order chi connectivity index (χ1) is 19.1. The molecule has 0 aliphatic rings. The lowest BCUT2D eigenvalue weighted by Gasteiger charge is -2.04. The Morgan fingerprint density at radius 3 is 2.40 bits per heavy atom. The van der Waals surface area contributed by atoms with E-state index in [-0.39, 0.29) is 30.4 Å². The summed E-state index contributed by atoms with van der Waals surface area (Å²) >= 11 is 1.32. The largest absolute Gasteiger partial charge is 0.402 e. The molecular weight excluding hydrogens is 548 g/mol. The molecule has 0 saturated carbocycles. The highest BCUT2D eigenvalue weighted by molar-refractivity contribution is 7.89. The van der Waals surface area contributed by atoms with Gasteiger partial charge in [0, 0.05) is 24.4 Å². The number of hydrogen-bond acceptors (Lipinski definition) is 8. The molecule has 0 bridgehead atoms. The smallest absolute Gasteiger partial charge is 0.232 e. The number of hydrogen-bond donors (Lipinski definition) is 4. The van der Waals surface area contributed by atoms with Crippen LogP contribution in [0.2, 0.25) is 0 Å². The van der Waals surface area contributed by atoms with Crippen LogP contribution < -0.4 is 22.1 Å². The van der Waals surface area contributed by atoms with Crippen LogP contribution in [0.5, 0.6) is 0 Å². The summed E-state index contributed by atoms with van der Waals surface area (Å²) in [6.45, 7) is 0. The molecule has 0 aliphatic heterocycles. The van der Waals surface area contributed by atoms with E-state index in [9.17, 15) is 18.0 Å². The molecule has 0 aliphatic carbocycles. The van der Waals surface area contributed by atoms with Gasteiger partial charge in [-0.25, -0.2) is 8.42 Å². The monoisotopic (exact) mass is 583 g/mol. The maximum absolute atomic E-state index is 12.4. The van der Waals surface area contributed by atoms with E-state index in [1.54, 1.807) is 36.4 Å². The van der Waals surface area contributed by atoms with Crippen LogP contribution in [-0.4, -0.2) is 36.7 Å². The average Bonchev–Trinajstić information content (AvgIpc) is 3.32. The number of amides is 2. The third-order valence-electron chi connectivity index (χ3n) is 5.61. The van der Waals surface area contributed by atoms with E-state index in [4.69, 9.17) is 5.73 Å². The third kappa shape index (κ3) is 11.9. The minimum atomic E-state index is -3.15. The molecule has 0 unspecified atom stereocenters. The number of sulfone groups is 1. The molecule has 0 fully saturated rings. The zero-order valence-electron chi connectivity index (χ0n) is 22.4. The summed E-state index contributed by atoms with van der Waals surface area (Å²) in [5.74, 6) is 0.0379. The number of carbonyl (C=O) groups is 2. The van der Waals surface area contributed by atoms with Gasteiger partial charge in [-0.05, 0) is 42.0 Å². The lowest BCUT2D eigenvalue weighted by molar-refractivity contribution is -0.310. The number of carbonyl (C=O) groups excluding carboxylic acids is 2. The van der Waals surface area contributed by atoms with Crippen molar-refractivity contribution in [2.45, 2.75) is 44.3 Å².